The van der Waals surface area contributed by atoms with Crippen molar-refractivity contribution in [2.75, 3.05) is 13.2 Å². The molecule has 0 unspecified atom stereocenters. The Morgan fingerprint density at radius 3 is 3.10 bits per heavy atom. The van der Waals surface area contributed by atoms with E-state index in [1.165, 1.54) is 0 Å². The van der Waals surface area contributed by atoms with Gasteiger partial charge in [0.2, 0.25) is 0 Å². The van der Waals surface area contributed by atoms with Gasteiger partial charge in [0, 0.05) is 0 Å². The molecule has 5 nitrogen and oxygen atoms in total. The first-order chi connectivity index (χ1) is 4.84. The fourth-order valence-electron chi connectivity index (χ4n) is 0.536. The predicted octanol–water partition coefficient (Wildman–Crippen LogP) is 0.371. The molecule has 10 heavy (non-hydrogen) atoms. The predicted molar refractivity (Wildman–Crippen MR) is 33.8 cm³/mol. The van der Waals surface area contributed by atoms with Crippen molar-refractivity contribution in [2.24, 2.45) is 15.4 Å². The first-order valence-corrected chi connectivity index (χ1v) is 2.95. The number of hydrogen-bond acceptors (Lipinski definition) is 5. The quantitative estimate of drug-likeness (QED) is 0.521. The van der Waals surface area contributed by atoms with Crippen molar-refractivity contribution < 1.29 is 9.53 Å². The van der Waals surface area contributed by atoms with E-state index < -0.39 is 5.97 Å². The fourth-order valence-corrected chi connectivity index (χ4v) is 0.536. The summed E-state index contributed by atoms with van der Waals surface area (Å²) in [5.41, 5.74) is 0.279. The SMILES string of the molecule is CCOC(=O)C1=NN=NC1. The maximum Gasteiger partial charge on any atom is 0.356 e. The zero-order valence-corrected chi connectivity index (χ0v) is 5.57. The van der Waals surface area contributed by atoms with E-state index in [1.807, 2.05) is 0 Å². The van der Waals surface area contributed by atoms with Gasteiger partial charge in [0.25, 0.3) is 0 Å². The Morgan fingerprint density at radius 1 is 1.80 bits per heavy atom. The lowest BCUT2D eigenvalue weighted by Crippen LogP contribution is -2.18. The van der Waals surface area contributed by atoms with E-state index >= 15 is 0 Å². The summed E-state index contributed by atoms with van der Waals surface area (Å²) in [6.07, 6.45) is 0. The Labute approximate surface area is 57.8 Å². The monoisotopic (exact) mass is 141 g/mol. The van der Waals surface area contributed by atoms with Gasteiger partial charge in [0.05, 0.1) is 6.61 Å². The molecule has 0 saturated carbocycles. The Hall–Kier alpha value is -1.26. The van der Waals surface area contributed by atoms with Crippen molar-refractivity contribution >= 4 is 11.7 Å². The van der Waals surface area contributed by atoms with Crippen LogP contribution in [0.4, 0.5) is 0 Å². The van der Waals surface area contributed by atoms with Gasteiger partial charge in [-0.3, -0.25) is 0 Å². The molecule has 0 aromatic heterocycles. The maximum absolute atomic E-state index is 10.8. The van der Waals surface area contributed by atoms with Gasteiger partial charge in [-0.05, 0) is 12.1 Å². The van der Waals surface area contributed by atoms with E-state index in [0.29, 0.717) is 6.61 Å². The summed E-state index contributed by atoms with van der Waals surface area (Å²) >= 11 is 0. The third-order valence-electron chi connectivity index (χ3n) is 0.960. The highest BCUT2D eigenvalue weighted by Gasteiger charge is 2.14. The van der Waals surface area contributed by atoms with Gasteiger partial charge in [-0.1, -0.05) is 0 Å². The molecule has 0 amide bonds. The van der Waals surface area contributed by atoms with Crippen LogP contribution in [-0.4, -0.2) is 24.8 Å². The second-order valence-corrected chi connectivity index (χ2v) is 1.66. The summed E-state index contributed by atoms with van der Waals surface area (Å²) < 4.78 is 4.64. The topological polar surface area (TPSA) is 63.4 Å². The van der Waals surface area contributed by atoms with Crippen molar-refractivity contribution in [1.29, 1.82) is 0 Å². The zero-order chi connectivity index (χ0) is 7.40. The van der Waals surface area contributed by atoms with Crippen LogP contribution in [0.15, 0.2) is 15.4 Å². The number of rotatable bonds is 2. The molecular weight excluding hydrogens is 134 g/mol. The van der Waals surface area contributed by atoms with E-state index in [-0.39, 0.29) is 12.3 Å². The van der Waals surface area contributed by atoms with Crippen LogP contribution in [0.25, 0.3) is 0 Å². The molecule has 0 aliphatic carbocycles. The number of nitrogens with zero attached hydrogens (tertiary/aromatic N) is 3. The van der Waals surface area contributed by atoms with Crippen LogP contribution in [0.3, 0.4) is 0 Å². The lowest BCUT2D eigenvalue weighted by Gasteiger charge is -1.96. The second-order valence-electron chi connectivity index (χ2n) is 1.66. The molecule has 0 aromatic rings. The van der Waals surface area contributed by atoms with Crippen molar-refractivity contribution in [3.05, 3.63) is 0 Å². The lowest BCUT2D eigenvalue weighted by atomic mass is 10.4. The second kappa shape index (κ2) is 3.05. The number of ether oxygens (including phenoxy) is 1. The van der Waals surface area contributed by atoms with E-state index in [0.717, 1.165) is 0 Å². The number of carbonyl (C=O) groups is 1. The highest BCUT2D eigenvalue weighted by atomic mass is 16.5. The molecule has 0 spiro atoms. The first kappa shape index (κ1) is 6.85. The smallest absolute Gasteiger partial charge is 0.356 e. The van der Waals surface area contributed by atoms with Crippen LogP contribution in [0.5, 0.6) is 0 Å². The molecule has 0 saturated heterocycles. The molecular formula is C5H7N3O2. The average Bonchev–Trinajstić information content (AvgIpc) is 2.38. The number of hydrogen-bond donors (Lipinski definition) is 0. The van der Waals surface area contributed by atoms with Gasteiger partial charge in [-0.15, -0.1) is 5.10 Å². The standard InChI is InChI=1S/C5H7N3O2/c1-2-10-5(9)4-3-6-8-7-4/h2-3H2,1H3. The van der Waals surface area contributed by atoms with Crippen molar-refractivity contribution in [1.82, 2.24) is 0 Å². The Bertz CT molecular complexity index is 197. The Balaban J connectivity index is 2.43. The largest absolute Gasteiger partial charge is 0.461 e. The van der Waals surface area contributed by atoms with Crippen molar-refractivity contribution in [3.63, 3.8) is 0 Å². The van der Waals surface area contributed by atoms with Gasteiger partial charge >= 0.3 is 5.97 Å². The zero-order valence-electron chi connectivity index (χ0n) is 5.57. The fraction of sp³-hybridized carbons (Fsp3) is 0.600. The van der Waals surface area contributed by atoms with Crippen LogP contribution in [0.1, 0.15) is 6.92 Å². The molecule has 0 bridgehead atoms. The normalized spacial score (nSPS) is 15.1. The molecule has 1 aliphatic heterocycles. The molecule has 0 radical (unpaired) electrons. The molecule has 0 atom stereocenters. The summed E-state index contributed by atoms with van der Waals surface area (Å²) in [6.45, 7) is 2.35. The minimum absolute atomic E-state index is 0.249. The van der Waals surface area contributed by atoms with Crippen molar-refractivity contribution in [2.45, 2.75) is 6.92 Å². The molecule has 1 heterocycles. The van der Waals surface area contributed by atoms with E-state index in [2.05, 4.69) is 20.2 Å². The van der Waals surface area contributed by atoms with E-state index in [4.69, 9.17) is 0 Å². The van der Waals surface area contributed by atoms with Gasteiger partial charge in [-0.2, -0.15) is 5.11 Å². The van der Waals surface area contributed by atoms with Crippen LogP contribution in [-0.2, 0) is 9.53 Å². The van der Waals surface area contributed by atoms with Crippen LogP contribution >= 0.6 is 0 Å². The van der Waals surface area contributed by atoms with Crippen molar-refractivity contribution in [3.8, 4) is 0 Å². The van der Waals surface area contributed by atoms with Gasteiger partial charge in [0.15, 0.2) is 5.71 Å². The first-order valence-electron chi connectivity index (χ1n) is 2.95. The summed E-state index contributed by atoms with van der Waals surface area (Å²) in [5.74, 6) is -0.424. The third kappa shape index (κ3) is 1.37. The molecule has 1 rings (SSSR count). The van der Waals surface area contributed by atoms with Gasteiger partial charge < -0.3 is 4.74 Å². The van der Waals surface area contributed by atoms with E-state index in [1.54, 1.807) is 6.92 Å². The summed E-state index contributed by atoms with van der Waals surface area (Å²) in [5, 5.41) is 10.2. The molecule has 0 N–H and O–H groups in total. The highest BCUT2D eigenvalue weighted by molar-refractivity contribution is 6.37. The number of esters is 1. The van der Waals surface area contributed by atoms with Crippen LogP contribution < -0.4 is 0 Å². The summed E-state index contributed by atoms with van der Waals surface area (Å²) in [6, 6.07) is 0. The van der Waals surface area contributed by atoms with Crippen LogP contribution in [0, 0.1) is 0 Å². The molecule has 1 aliphatic rings. The highest BCUT2D eigenvalue weighted by Crippen LogP contribution is 1.95. The Kier molecular flexibility index (Phi) is 2.09. The van der Waals surface area contributed by atoms with Gasteiger partial charge in [-0.25, -0.2) is 4.79 Å². The summed E-state index contributed by atoms with van der Waals surface area (Å²) in [7, 11) is 0. The minimum atomic E-state index is -0.424. The molecule has 54 valence electrons. The van der Waals surface area contributed by atoms with E-state index in [9.17, 15) is 4.79 Å². The average molecular weight is 141 g/mol. The third-order valence-corrected chi connectivity index (χ3v) is 0.960. The molecule has 5 heteroatoms. The maximum atomic E-state index is 10.8. The molecule has 0 fully saturated rings. The summed E-state index contributed by atoms with van der Waals surface area (Å²) in [4.78, 5) is 10.8. The lowest BCUT2D eigenvalue weighted by molar-refractivity contribution is -0.135. The number of carbonyl (C=O) groups excluding carboxylic acids is 1. The van der Waals surface area contributed by atoms with Gasteiger partial charge in [0.1, 0.15) is 6.54 Å². The minimum Gasteiger partial charge on any atom is -0.461 e. The van der Waals surface area contributed by atoms with Crippen LogP contribution in [0.2, 0.25) is 0 Å². The Morgan fingerprint density at radius 2 is 2.60 bits per heavy atom. The molecule has 0 aromatic carbocycles.